The third kappa shape index (κ3) is 2.60. The molecule has 1 aromatic carbocycles. The Morgan fingerprint density at radius 2 is 2.17 bits per heavy atom. The summed E-state index contributed by atoms with van der Waals surface area (Å²) in [6.45, 7) is 0. The number of benzene rings is 1. The van der Waals surface area contributed by atoms with Gasteiger partial charge in [0.15, 0.2) is 0 Å². The third-order valence-electron chi connectivity index (χ3n) is 4.70. The Morgan fingerprint density at radius 3 is 3.00 bits per heavy atom. The number of H-pyrrole nitrogens is 1. The van der Waals surface area contributed by atoms with Crippen molar-refractivity contribution in [2.45, 2.75) is 31.3 Å². The number of rotatable bonds is 3. The van der Waals surface area contributed by atoms with Crippen LogP contribution in [0.3, 0.4) is 0 Å². The largest absolute Gasteiger partial charge is 0.346 e. The van der Waals surface area contributed by atoms with Crippen LogP contribution in [0.15, 0.2) is 53.8 Å². The molecule has 2 N–H and O–H groups in total. The maximum absolute atomic E-state index is 12.6. The van der Waals surface area contributed by atoms with Gasteiger partial charge >= 0.3 is 0 Å². The van der Waals surface area contributed by atoms with Crippen LogP contribution in [0.5, 0.6) is 0 Å². The van der Waals surface area contributed by atoms with Gasteiger partial charge in [0.25, 0.3) is 11.5 Å². The van der Waals surface area contributed by atoms with Crippen LogP contribution in [0.2, 0.25) is 0 Å². The summed E-state index contributed by atoms with van der Waals surface area (Å²) in [6, 6.07) is 9.24. The number of fused-ring (bicyclic) bond motifs is 1. The lowest BCUT2D eigenvalue weighted by Crippen LogP contribution is -2.39. The van der Waals surface area contributed by atoms with Crippen LogP contribution in [-0.4, -0.2) is 26.5 Å². The van der Waals surface area contributed by atoms with E-state index >= 15 is 0 Å². The van der Waals surface area contributed by atoms with Gasteiger partial charge in [-0.3, -0.25) is 9.59 Å². The SMILES string of the molecule is O=C(N[C@H]1CCC[C@@H]1n1ccnc1)c1cc2ccccc2c(=O)[nH]1. The molecule has 2 atom stereocenters. The van der Waals surface area contributed by atoms with E-state index in [1.54, 1.807) is 24.7 Å². The van der Waals surface area contributed by atoms with Gasteiger partial charge < -0.3 is 14.9 Å². The first-order chi connectivity index (χ1) is 11.7. The van der Waals surface area contributed by atoms with E-state index in [9.17, 15) is 9.59 Å². The van der Waals surface area contributed by atoms with Gasteiger partial charge in [0.2, 0.25) is 0 Å². The molecule has 0 bridgehead atoms. The zero-order chi connectivity index (χ0) is 16.5. The number of aromatic nitrogens is 3. The van der Waals surface area contributed by atoms with E-state index in [1.165, 1.54) is 0 Å². The fraction of sp³-hybridized carbons (Fsp3) is 0.278. The van der Waals surface area contributed by atoms with E-state index in [0.717, 1.165) is 24.6 Å². The molecule has 24 heavy (non-hydrogen) atoms. The van der Waals surface area contributed by atoms with E-state index in [0.29, 0.717) is 11.1 Å². The highest BCUT2D eigenvalue weighted by Crippen LogP contribution is 2.30. The molecule has 1 aliphatic rings. The predicted octanol–water partition coefficient (Wildman–Crippen LogP) is 2.25. The van der Waals surface area contributed by atoms with Gasteiger partial charge in [0.1, 0.15) is 5.69 Å². The van der Waals surface area contributed by atoms with Gasteiger partial charge in [-0.1, -0.05) is 18.2 Å². The van der Waals surface area contributed by atoms with Crippen molar-refractivity contribution >= 4 is 16.7 Å². The zero-order valence-corrected chi connectivity index (χ0v) is 13.1. The second kappa shape index (κ2) is 5.96. The van der Waals surface area contributed by atoms with Crippen LogP contribution >= 0.6 is 0 Å². The Hall–Kier alpha value is -2.89. The van der Waals surface area contributed by atoms with Crippen LogP contribution in [0.4, 0.5) is 0 Å². The Labute approximate surface area is 138 Å². The van der Waals surface area contributed by atoms with Crippen molar-refractivity contribution in [1.29, 1.82) is 0 Å². The minimum Gasteiger partial charge on any atom is -0.346 e. The van der Waals surface area contributed by atoms with Crippen LogP contribution in [-0.2, 0) is 0 Å². The summed E-state index contributed by atoms with van der Waals surface area (Å²) in [5.74, 6) is -0.241. The molecule has 2 aromatic heterocycles. The van der Waals surface area contributed by atoms with Crippen molar-refractivity contribution in [3.8, 4) is 0 Å². The molecule has 1 fully saturated rings. The number of carbonyl (C=O) groups excluding carboxylic acids is 1. The van der Waals surface area contributed by atoms with Crippen molar-refractivity contribution in [3.05, 3.63) is 65.1 Å². The normalized spacial score (nSPS) is 20.3. The maximum Gasteiger partial charge on any atom is 0.268 e. The number of carbonyl (C=O) groups is 1. The summed E-state index contributed by atoms with van der Waals surface area (Å²) >= 11 is 0. The Kier molecular flexibility index (Phi) is 3.65. The van der Waals surface area contributed by atoms with Crippen LogP contribution in [0.1, 0.15) is 35.8 Å². The van der Waals surface area contributed by atoms with Crippen molar-refractivity contribution in [3.63, 3.8) is 0 Å². The molecular formula is C18H18N4O2. The second-order valence-corrected chi connectivity index (χ2v) is 6.19. The Bertz CT molecular complexity index is 930. The highest BCUT2D eigenvalue weighted by atomic mass is 16.2. The number of hydrogen-bond acceptors (Lipinski definition) is 3. The van der Waals surface area contributed by atoms with Crippen LogP contribution in [0.25, 0.3) is 10.8 Å². The summed E-state index contributed by atoms with van der Waals surface area (Å²) in [6.07, 6.45) is 8.45. The average molecular weight is 322 g/mol. The molecule has 6 heteroatoms. The number of nitrogens with one attached hydrogen (secondary N) is 2. The first kappa shape index (κ1) is 14.7. The number of aromatic amines is 1. The maximum atomic E-state index is 12.6. The van der Waals surface area contributed by atoms with E-state index < -0.39 is 0 Å². The Balaban J connectivity index is 1.59. The highest BCUT2D eigenvalue weighted by molar-refractivity contribution is 5.96. The van der Waals surface area contributed by atoms with Gasteiger partial charge in [0.05, 0.1) is 12.4 Å². The number of nitrogens with zero attached hydrogens (tertiary/aromatic N) is 2. The predicted molar refractivity (Wildman–Crippen MR) is 90.9 cm³/mol. The molecule has 0 aliphatic heterocycles. The molecule has 0 unspecified atom stereocenters. The smallest absolute Gasteiger partial charge is 0.268 e. The molecule has 2 heterocycles. The molecule has 3 aromatic rings. The first-order valence-corrected chi connectivity index (χ1v) is 8.13. The molecule has 1 saturated carbocycles. The minimum absolute atomic E-state index is 0.0432. The van der Waals surface area contributed by atoms with Gasteiger partial charge in [0, 0.05) is 23.8 Å². The number of amides is 1. The topological polar surface area (TPSA) is 79.8 Å². The first-order valence-electron chi connectivity index (χ1n) is 8.13. The quantitative estimate of drug-likeness (QED) is 0.776. The van der Waals surface area contributed by atoms with E-state index in [-0.39, 0.29) is 23.6 Å². The number of hydrogen-bond donors (Lipinski definition) is 2. The molecule has 0 saturated heterocycles. The zero-order valence-electron chi connectivity index (χ0n) is 13.1. The van der Waals surface area contributed by atoms with Crippen molar-refractivity contribution < 1.29 is 4.79 Å². The monoisotopic (exact) mass is 322 g/mol. The summed E-state index contributed by atoms with van der Waals surface area (Å²) < 4.78 is 2.04. The Morgan fingerprint density at radius 1 is 1.29 bits per heavy atom. The third-order valence-corrected chi connectivity index (χ3v) is 4.70. The lowest BCUT2D eigenvalue weighted by Gasteiger charge is -2.22. The average Bonchev–Trinajstić information content (AvgIpc) is 3.25. The summed E-state index contributed by atoms with van der Waals surface area (Å²) in [5.41, 5.74) is 0.0609. The molecule has 6 nitrogen and oxygen atoms in total. The van der Waals surface area contributed by atoms with Crippen LogP contribution < -0.4 is 10.9 Å². The van der Waals surface area contributed by atoms with Crippen molar-refractivity contribution in [2.24, 2.45) is 0 Å². The summed E-state index contributed by atoms with van der Waals surface area (Å²) in [5, 5.41) is 4.42. The lowest BCUT2D eigenvalue weighted by molar-refractivity contribution is 0.0923. The van der Waals surface area contributed by atoms with E-state index in [4.69, 9.17) is 0 Å². The molecule has 4 rings (SSSR count). The fourth-order valence-electron chi connectivity index (χ4n) is 3.51. The number of pyridine rings is 1. The van der Waals surface area contributed by atoms with Gasteiger partial charge in [-0.25, -0.2) is 4.98 Å². The molecule has 1 amide bonds. The molecule has 1 aliphatic carbocycles. The van der Waals surface area contributed by atoms with Crippen molar-refractivity contribution in [1.82, 2.24) is 19.9 Å². The van der Waals surface area contributed by atoms with Gasteiger partial charge in [-0.2, -0.15) is 0 Å². The lowest BCUT2D eigenvalue weighted by atomic mass is 10.1. The fourth-order valence-corrected chi connectivity index (χ4v) is 3.51. The molecule has 0 radical (unpaired) electrons. The summed E-state index contributed by atoms with van der Waals surface area (Å²) in [4.78, 5) is 31.5. The number of imidazole rings is 1. The van der Waals surface area contributed by atoms with Crippen LogP contribution in [0, 0.1) is 0 Å². The summed E-state index contributed by atoms with van der Waals surface area (Å²) in [7, 11) is 0. The molecular weight excluding hydrogens is 304 g/mol. The molecule has 0 spiro atoms. The van der Waals surface area contributed by atoms with Gasteiger partial charge in [-0.05, 0) is 36.8 Å². The molecule has 122 valence electrons. The van der Waals surface area contributed by atoms with Crippen molar-refractivity contribution in [2.75, 3.05) is 0 Å². The standard InChI is InChI=1S/C18H18N4O2/c23-17-13-5-2-1-4-12(13)10-15(21-17)18(24)20-14-6-3-7-16(14)22-9-8-19-11-22/h1-2,4-5,8-11,14,16H,3,6-7H2,(H,20,24)(H,21,23)/t14-,16-/m0/s1. The second-order valence-electron chi connectivity index (χ2n) is 6.19. The van der Waals surface area contributed by atoms with E-state index in [1.807, 2.05) is 29.0 Å². The minimum atomic E-state index is -0.241. The highest BCUT2D eigenvalue weighted by Gasteiger charge is 2.30. The van der Waals surface area contributed by atoms with E-state index in [2.05, 4.69) is 15.3 Å². The van der Waals surface area contributed by atoms with Gasteiger partial charge in [-0.15, -0.1) is 0 Å².